The molecule has 2 rings (SSSR count). The number of rotatable bonds is 5. The van der Waals surface area contributed by atoms with Crippen LogP contribution >= 0.6 is 0 Å². The molecule has 0 aromatic heterocycles. The van der Waals surface area contributed by atoms with Gasteiger partial charge < -0.3 is 15.0 Å². The fourth-order valence-electron chi connectivity index (χ4n) is 2.40. The summed E-state index contributed by atoms with van der Waals surface area (Å²) in [5.41, 5.74) is 1.66. The summed E-state index contributed by atoms with van der Waals surface area (Å²) < 4.78 is 0. The molecular formula is C21H28O3. The third kappa shape index (κ3) is 6.26. The lowest BCUT2D eigenvalue weighted by atomic mass is 9.81. The quantitative estimate of drug-likeness (QED) is 0.648. The fourth-order valence-corrected chi connectivity index (χ4v) is 2.40. The zero-order valence-electron chi connectivity index (χ0n) is 14.9. The molecule has 0 amide bonds. The van der Waals surface area contributed by atoms with Gasteiger partial charge in [0.25, 0.3) is 0 Å². The standard InChI is InChI=1S/C11H16O2.C10H12O/c1-11(2,8-10(12)13)9-6-4-3-5-7-9;1-10(2,8-11)9-6-4-3-5-7-9/h3-7,10,12-13H,8H2,1-2H3;3-8H,1-2H3. The van der Waals surface area contributed by atoms with E-state index in [1.54, 1.807) is 0 Å². The normalized spacial score (nSPS) is 11.6. The third-order valence-corrected chi connectivity index (χ3v) is 4.06. The van der Waals surface area contributed by atoms with Crippen LogP contribution in [0.5, 0.6) is 0 Å². The number of hydrogen-bond acceptors (Lipinski definition) is 3. The Morgan fingerprint density at radius 3 is 1.62 bits per heavy atom. The van der Waals surface area contributed by atoms with Crippen LogP contribution in [0.3, 0.4) is 0 Å². The van der Waals surface area contributed by atoms with Crippen molar-refractivity contribution in [2.75, 3.05) is 0 Å². The number of carbonyl (C=O) groups excluding carboxylic acids is 1. The summed E-state index contributed by atoms with van der Waals surface area (Å²) in [5.74, 6) is 0. The smallest absolute Gasteiger partial charge is 0.152 e. The van der Waals surface area contributed by atoms with Crippen LogP contribution in [0.15, 0.2) is 60.7 Å². The van der Waals surface area contributed by atoms with Crippen LogP contribution in [-0.2, 0) is 15.6 Å². The molecule has 3 heteroatoms. The lowest BCUT2D eigenvalue weighted by Gasteiger charge is -2.25. The molecule has 0 spiro atoms. The first-order valence-corrected chi connectivity index (χ1v) is 8.12. The zero-order valence-corrected chi connectivity index (χ0v) is 14.9. The van der Waals surface area contributed by atoms with Gasteiger partial charge in [-0.15, -0.1) is 0 Å². The average Bonchev–Trinajstić information content (AvgIpc) is 2.56. The fraction of sp³-hybridized carbons (Fsp3) is 0.381. The van der Waals surface area contributed by atoms with Crippen LogP contribution in [0.4, 0.5) is 0 Å². The molecular weight excluding hydrogens is 300 g/mol. The zero-order chi connectivity index (χ0) is 18.2. The Morgan fingerprint density at radius 2 is 1.25 bits per heavy atom. The van der Waals surface area contributed by atoms with Crippen LogP contribution in [0.1, 0.15) is 45.2 Å². The summed E-state index contributed by atoms with van der Waals surface area (Å²) in [6.45, 7) is 7.83. The van der Waals surface area contributed by atoms with Gasteiger partial charge in [-0.05, 0) is 30.4 Å². The molecule has 0 fully saturated rings. The van der Waals surface area contributed by atoms with E-state index in [1.807, 2.05) is 88.4 Å². The Hall–Kier alpha value is -1.97. The molecule has 0 aliphatic carbocycles. The van der Waals surface area contributed by atoms with Gasteiger partial charge in [-0.3, -0.25) is 0 Å². The molecule has 0 atom stereocenters. The van der Waals surface area contributed by atoms with Gasteiger partial charge in [-0.25, -0.2) is 0 Å². The predicted octanol–water partition coefficient (Wildman–Crippen LogP) is 3.83. The van der Waals surface area contributed by atoms with Crippen molar-refractivity contribution in [2.24, 2.45) is 0 Å². The Kier molecular flexibility index (Phi) is 7.33. The predicted molar refractivity (Wildman–Crippen MR) is 97.8 cm³/mol. The number of aliphatic hydroxyl groups is 2. The number of benzene rings is 2. The van der Waals surface area contributed by atoms with Gasteiger partial charge >= 0.3 is 0 Å². The molecule has 0 radical (unpaired) electrons. The van der Waals surface area contributed by atoms with Crippen LogP contribution < -0.4 is 0 Å². The highest BCUT2D eigenvalue weighted by atomic mass is 16.5. The molecule has 0 saturated carbocycles. The van der Waals surface area contributed by atoms with E-state index in [-0.39, 0.29) is 10.8 Å². The van der Waals surface area contributed by atoms with E-state index in [2.05, 4.69) is 0 Å². The van der Waals surface area contributed by atoms with E-state index in [4.69, 9.17) is 10.2 Å². The highest BCUT2D eigenvalue weighted by Gasteiger charge is 2.22. The van der Waals surface area contributed by atoms with E-state index < -0.39 is 6.29 Å². The number of aldehydes is 1. The minimum Gasteiger partial charge on any atom is -0.368 e. The van der Waals surface area contributed by atoms with Gasteiger partial charge in [-0.1, -0.05) is 74.5 Å². The molecule has 0 saturated heterocycles. The lowest BCUT2D eigenvalue weighted by molar-refractivity contribution is -0.111. The summed E-state index contributed by atoms with van der Waals surface area (Å²) in [6, 6.07) is 19.6. The molecule has 24 heavy (non-hydrogen) atoms. The summed E-state index contributed by atoms with van der Waals surface area (Å²) >= 11 is 0. The lowest BCUT2D eigenvalue weighted by Crippen LogP contribution is -2.24. The molecule has 2 aromatic rings. The van der Waals surface area contributed by atoms with Crippen molar-refractivity contribution in [3.63, 3.8) is 0 Å². The van der Waals surface area contributed by atoms with Crippen molar-refractivity contribution in [1.82, 2.24) is 0 Å². The highest BCUT2D eigenvalue weighted by molar-refractivity contribution is 5.66. The van der Waals surface area contributed by atoms with Crippen molar-refractivity contribution in [3.8, 4) is 0 Å². The van der Waals surface area contributed by atoms with Crippen molar-refractivity contribution in [3.05, 3.63) is 71.8 Å². The van der Waals surface area contributed by atoms with Gasteiger partial charge in [0.05, 0.1) is 0 Å². The molecule has 2 N–H and O–H groups in total. The molecule has 2 aromatic carbocycles. The van der Waals surface area contributed by atoms with Crippen LogP contribution in [0, 0.1) is 0 Å². The van der Waals surface area contributed by atoms with Crippen molar-refractivity contribution in [2.45, 2.75) is 51.2 Å². The second kappa shape index (κ2) is 8.76. The minimum atomic E-state index is -1.24. The Bertz CT molecular complexity index is 601. The molecule has 130 valence electrons. The van der Waals surface area contributed by atoms with Gasteiger partial charge in [0.15, 0.2) is 6.29 Å². The van der Waals surface area contributed by atoms with Crippen molar-refractivity contribution in [1.29, 1.82) is 0 Å². The Balaban J connectivity index is 0.000000243. The Morgan fingerprint density at radius 1 is 0.833 bits per heavy atom. The van der Waals surface area contributed by atoms with Gasteiger partial charge in [0.1, 0.15) is 6.29 Å². The van der Waals surface area contributed by atoms with E-state index in [0.717, 1.165) is 17.4 Å². The van der Waals surface area contributed by atoms with E-state index in [9.17, 15) is 4.79 Å². The highest BCUT2D eigenvalue weighted by Crippen LogP contribution is 2.27. The molecule has 3 nitrogen and oxygen atoms in total. The molecule has 0 aliphatic rings. The number of hydrogen-bond donors (Lipinski definition) is 2. The summed E-state index contributed by atoms with van der Waals surface area (Å²) in [7, 11) is 0. The maximum atomic E-state index is 10.6. The SMILES string of the molecule is CC(C)(C=O)c1ccccc1.CC(C)(CC(O)O)c1ccccc1. The molecule has 0 heterocycles. The van der Waals surface area contributed by atoms with Crippen LogP contribution in [0.2, 0.25) is 0 Å². The van der Waals surface area contributed by atoms with Gasteiger partial charge in [0.2, 0.25) is 0 Å². The second-order valence-corrected chi connectivity index (χ2v) is 7.14. The summed E-state index contributed by atoms with van der Waals surface area (Å²) in [5, 5.41) is 17.8. The largest absolute Gasteiger partial charge is 0.368 e. The van der Waals surface area contributed by atoms with Crippen molar-refractivity contribution < 1.29 is 15.0 Å². The molecule has 0 bridgehead atoms. The topological polar surface area (TPSA) is 57.5 Å². The molecule has 0 unspecified atom stereocenters. The number of carbonyl (C=O) groups is 1. The first kappa shape index (κ1) is 20.1. The summed E-state index contributed by atoms with van der Waals surface area (Å²) in [4.78, 5) is 10.6. The van der Waals surface area contributed by atoms with E-state index in [0.29, 0.717) is 6.42 Å². The third-order valence-electron chi connectivity index (χ3n) is 4.06. The van der Waals surface area contributed by atoms with Crippen LogP contribution in [-0.4, -0.2) is 22.8 Å². The minimum absolute atomic E-state index is 0.185. The molecule has 0 aliphatic heterocycles. The first-order valence-electron chi connectivity index (χ1n) is 8.12. The Labute approximate surface area is 145 Å². The monoisotopic (exact) mass is 328 g/mol. The van der Waals surface area contributed by atoms with Gasteiger partial charge in [0, 0.05) is 11.8 Å². The van der Waals surface area contributed by atoms with Crippen LogP contribution in [0.25, 0.3) is 0 Å². The second-order valence-electron chi connectivity index (χ2n) is 7.14. The average molecular weight is 328 g/mol. The van der Waals surface area contributed by atoms with E-state index >= 15 is 0 Å². The van der Waals surface area contributed by atoms with Crippen molar-refractivity contribution >= 4 is 6.29 Å². The maximum absolute atomic E-state index is 10.6. The summed E-state index contributed by atoms with van der Waals surface area (Å²) in [6.07, 6.45) is 0.0921. The van der Waals surface area contributed by atoms with Gasteiger partial charge in [-0.2, -0.15) is 0 Å². The maximum Gasteiger partial charge on any atom is 0.152 e. The first-order chi connectivity index (χ1) is 11.2. The number of aliphatic hydroxyl groups excluding tert-OH is 1. The van der Waals surface area contributed by atoms with E-state index in [1.165, 1.54) is 0 Å².